The molecule has 3 heterocycles. The van der Waals surface area contributed by atoms with Gasteiger partial charge < -0.3 is 4.90 Å². The average Bonchev–Trinajstić information content (AvgIpc) is 3.13. The summed E-state index contributed by atoms with van der Waals surface area (Å²) in [7, 11) is -0.375. The summed E-state index contributed by atoms with van der Waals surface area (Å²) in [5.41, 5.74) is 0.888. The van der Waals surface area contributed by atoms with Crippen LogP contribution in [0.25, 0.3) is 0 Å². The topological polar surface area (TPSA) is 78.8 Å². The van der Waals surface area contributed by atoms with Crippen molar-refractivity contribution in [1.82, 2.24) is 23.3 Å². The molecule has 23 heavy (non-hydrogen) atoms. The number of nitrogens with zero attached hydrogens (tertiary/aromatic N) is 5. The molecular formula is C14H23N5O3S. The van der Waals surface area contributed by atoms with Crippen molar-refractivity contribution in [3.05, 3.63) is 18.0 Å². The first-order valence-electron chi connectivity index (χ1n) is 7.87. The minimum absolute atomic E-state index is 0.0446. The van der Waals surface area contributed by atoms with E-state index in [2.05, 4.69) is 5.10 Å². The number of hydrogen-bond donors (Lipinski definition) is 0. The third-order valence-corrected chi connectivity index (χ3v) is 6.40. The van der Waals surface area contributed by atoms with Gasteiger partial charge in [0, 0.05) is 46.3 Å². The standard InChI is InChI=1S/C14H23N5O3S/c1-16(2)23(21,22)18-10-12-5-7-15-19(12)13(11-18)6-9-17-8-3-4-14(17)20/h5,7,13H,3-4,6,8-11H2,1-2H3/t13-/m1/s1. The van der Waals surface area contributed by atoms with Gasteiger partial charge in [-0.2, -0.15) is 22.1 Å². The van der Waals surface area contributed by atoms with Gasteiger partial charge in [0.15, 0.2) is 0 Å². The Morgan fingerprint density at radius 1 is 1.39 bits per heavy atom. The lowest BCUT2D eigenvalue weighted by Gasteiger charge is -2.35. The number of amides is 1. The molecule has 0 unspecified atom stereocenters. The molecule has 1 saturated heterocycles. The fourth-order valence-electron chi connectivity index (χ4n) is 3.22. The highest BCUT2D eigenvalue weighted by Gasteiger charge is 2.34. The molecule has 1 aromatic heterocycles. The Balaban J connectivity index is 1.75. The summed E-state index contributed by atoms with van der Waals surface area (Å²) in [6.45, 7) is 2.17. The lowest BCUT2D eigenvalue weighted by Crippen LogP contribution is -2.46. The molecule has 1 aromatic rings. The zero-order valence-electron chi connectivity index (χ0n) is 13.6. The monoisotopic (exact) mass is 341 g/mol. The Labute approximate surface area is 136 Å². The molecule has 0 aromatic carbocycles. The Kier molecular flexibility index (Phi) is 4.43. The van der Waals surface area contributed by atoms with Crippen molar-refractivity contribution < 1.29 is 13.2 Å². The fraction of sp³-hybridized carbons (Fsp3) is 0.714. The third kappa shape index (κ3) is 3.13. The highest BCUT2D eigenvalue weighted by molar-refractivity contribution is 7.86. The summed E-state index contributed by atoms with van der Waals surface area (Å²) in [6, 6.07) is 1.81. The second kappa shape index (κ2) is 6.21. The van der Waals surface area contributed by atoms with Crippen LogP contribution in [0.2, 0.25) is 0 Å². The number of aromatic nitrogens is 2. The molecule has 1 fully saturated rings. The quantitative estimate of drug-likeness (QED) is 0.759. The zero-order chi connectivity index (χ0) is 16.6. The van der Waals surface area contributed by atoms with Gasteiger partial charge in [0.05, 0.1) is 18.3 Å². The van der Waals surface area contributed by atoms with Crippen molar-refractivity contribution in [2.75, 3.05) is 33.7 Å². The highest BCUT2D eigenvalue weighted by atomic mass is 32.2. The second-order valence-corrected chi connectivity index (χ2v) is 8.42. The Bertz CT molecular complexity index is 684. The predicted molar refractivity (Wildman–Crippen MR) is 84.7 cm³/mol. The molecule has 0 saturated carbocycles. The molecule has 1 atom stereocenters. The van der Waals surface area contributed by atoms with Gasteiger partial charge in [0.2, 0.25) is 5.91 Å². The summed E-state index contributed by atoms with van der Waals surface area (Å²) in [5, 5.41) is 4.34. The molecule has 2 aliphatic rings. The molecule has 0 spiro atoms. The van der Waals surface area contributed by atoms with E-state index < -0.39 is 10.2 Å². The summed E-state index contributed by atoms with van der Waals surface area (Å²) in [4.78, 5) is 13.6. The molecule has 8 nitrogen and oxygen atoms in total. The SMILES string of the molecule is CN(C)S(=O)(=O)N1Cc2ccnn2[C@H](CCN2CCCC2=O)C1. The Morgan fingerprint density at radius 2 is 2.17 bits per heavy atom. The average molecular weight is 341 g/mol. The first kappa shape index (κ1) is 16.4. The van der Waals surface area contributed by atoms with Crippen LogP contribution >= 0.6 is 0 Å². The molecule has 0 N–H and O–H groups in total. The van der Waals surface area contributed by atoms with Crippen molar-refractivity contribution in [3.8, 4) is 0 Å². The van der Waals surface area contributed by atoms with Crippen molar-refractivity contribution in [3.63, 3.8) is 0 Å². The van der Waals surface area contributed by atoms with Crippen molar-refractivity contribution >= 4 is 16.1 Å². The molecule has 0 aliphatic carbocycles. The number of rotatable bonds is 5. The molecule has 0 radical (unpaired) electrons. The van der Waals surface area contributed by atoms with Crippen LogP contribution in [0.4, 0.5) is 0 Å². The van der Waals surface area contributed by atoms with E-state index in [0.29, 0.717) is 32.5 Å². The highest BCUT2D eigenvalue weighted by Crippen LogP contribution is 2.26. The van der Waals surface area contributed by atoms with E-state index in [1.165, 1.54) is 8.61 Å². The summed E-state index contributed by atoms with van der Waals surface area (Å²) < 4.78 is 29.5. The molecule has 3 rings (SSSR count). The molecular weight excluding hydrogens is 318 g/mol. The van der Waals surface area contributed by atoms with Gasteiger partial charge in [-0.1, -0.05) is 0 Å². The smallest absolute Gasteiger partial charge is 0.281 e. The summed E-state index contributed by atoms with van der Waals surface area (Å²) in [5.74, 6) is 0.194. The van der Waals surface area contributed by atoms with Gasteiger partial charge in [0.25, 0.3) is 10.2 Å². The maximum Gasteiger partial charge on any atom is 0.281 e. The van der Waals surface area contributed by atoms with Gasteiger partial charge in [-0.3, -0.25) is 9.48 Å². The number of carbonyl (C=O) groups excluding carboxylic acids is 1. The van der Waals surface area contributed by atoms with Gasteiger partial charge >= 0.3 is 0 Å². The van der Waals surface area contributed by atoms with Crippen LogP contribution in [0.3, 0.4) is 0 Å². The zero-order valence-corrected chi connectivity index (χ0v) is 14.4. The van der Waals surface area contributed by atoms with E-state index in [1.807, 2.05) is 15.6 Å². The van der Waals surface area contributed by atoms with E-state index >= 15 is 0 Å². The van der Waals surface area contributed by atoms with Crippen molar-refractivity contribution in [1.29, 1.82) is 0 Å². The lowest BCUT2D eigenvalue weighted by atomic mass is 10.1. The van der Waals surface area contributed by atoms with Gasteiger partial charge in [-0.25, -0.2) is 0 Å². The fourth-order valence-corrected chi connectivity index (χ4v) is 4.34. The number of fused-ring (bicyclic) bond motifs is 1. The van der Waals surface area contributed by atoms with E-state index in [4.69, 9.17) is 0 Å². The number of hydrogen-bond acceptors (Lipinski definition) is 4. The van der Waals surface area contributed by atoms with Crippen molar-refractivity contribution in [2.45, 2.75) is 31.8 Å². The number of carbonyl (C=O) groups is 1. The van der Waals surface area contributed by atoms with Crippen LogP contribution in [-0.2, 0) is 21.5 Å². The maximum absolute atomic E-state index is 12.4. The van der Waals surface area contributed by atoms with E-state index in [9.17, 15) is 13.2 Å². The third-order valence-electron chi connectivity index (χ3n) is 4.54. The van der Waals surface area contributed by atoms with E-state index in [1.54, 1.807) is 20.3 Å². The van der Waals surface area contributed by atoms with Gasteiger partial charge in [-0.15, -0.1) is 0 Å². The normalized spacial score (nSPS) is 22.8. The Hall–Kier alpha value is -1.45. The summed E-state index contributed by atoms with van der Waals surface area (Å²) in [6.07, 6.45) is 3.95. The first-order valence-corrected chi connectivity index (χ1v) is 9.27. The van der Waals surface area contributed by atoms with Crippen molar-refractivity contribution in [2.24, 2.45) is 0 Å². The molecule has 2 aliphatic heterocycles. The first-order chi connectivity index (χ1) is 10.9. The van der Waals surface area contributed by atoms with Crippen LogP contribution in [0.15, 0.2) is 12.3 Å². The van der Waals surface area contributed by atoms with Gasteiger partial charge in [-0.05, 0) is 18.9 Å². The van der Waals surface area contributed by atoms with Crippen LogP contribution in [0.5, 0.6) is 0 Å². The molecule has 128 valence electrons. The minimum atomic E-state index is -3.46. The van der Waals surface area contributed by atoms with Gasteiger partial charge in [0.1, 0.15) is 0 Å². The van der Waals surface area contributed by atoms with E-state index in [0.717, 1.165) is 18.7 Å². The molecule has 0 bridgehead atoms. The van der Waals surface area contributed by atoms with Crippen LogP contribution in [0.1, 0.15) is 31.0 Å². The largest absolute Gasteiger partial charge is 0.343 e. The second-order valence-electron chi connectivity index (χ2n) is 6.28. The maximum atomic E-state index is 12.4. The van der Waals surface area contributed by atoms with Crippen LogP contribution in [-0.4, -0.2) is 71.3 Å². The van der Waals surface area contributed by atoms with Crippen LogP contribution in [0, 0.1) is 0 Å². The number of likely N-dealkylation sites (tertiary alicyclic amines) is 1. The summed E-state index contributed by atoms with van der Waals surface area (Å²) >= 11 is 0. The van der Waals surface area contributed by atoms with Crippen LogP contribution < -0.4 is 0 Å². The lowest BCUT2D eigenvalue weighted by molar-refractivity contribution is -0.127. The Morgan fingerprint density at radius 3 is 2.83 bits per heavy atom. The molecule has 9 heteroatoms. The molecule has 1 amide bonds. The van der Waals surface area contributed by atoms with E-state index in [-0.39, 0.29) is 11.9 Å². The minimum Gasteiger partial charge on any atom is -0.343 e. The predicted octanol–water partition coefficient (Wildman–Crippen LogP) is 0.0587.